The van der Waals surface area contributed by atoms with Gasteiger partial charge in [-0.2, -0.15) is 0 Å². The molecule has 0 aliphatic carbocycles. The first-order valence-electron chi connectivity index (χ1n) is 13.1. The molecule has 0 aromatic heterocycles. The van der Waals surface area contributed by atoms with Crippen LogP contribution in [-0.2, 0) is 27.0 Å². The summed E-state index contributed by atoms with van der Waals surface area (Å²) in [7, 11) is -2.31. The lowest BCUT2D eigenvalue weighted by molar-refractivity contribution is -0.155. The van der Waals surface area contributed by atoms with Crippen molar-refractivity contribution in [2.24, 2.45) is 0 Å². The normalized spacial score (nSPS) is 19.3. The zero-order valence-corrected chi connectivity index (χ0v) is 24.4. The Morgan fingerprint density at radius 3 is 2.16 bits per heavy atom. The monoisotopic (exact) mass is 528 g/mol. The molecule has 7 nitrogen and oxygen atoms in total. The van der Waals surface area contributed by atoms with Gasteiger partial charge in [0, 0.05) is 13.1 Å². The molecule has 37 heavy (non-hydrogen) atoms. The van der Waals surface area contributed by atoms with E-state index >= 15 is 0 Å². The molecule has 2 aromatic carbocycles. The summed E-state index contributed by atoms with van der Waals surface area (Å²) < 4.78 is 19.1. The standard InChI is InChI=1S/C29H44N2O5Si/c1-28(2,3)37(6,7)36-26(25-21-34-29(4,5)35-25)24(20-32)31(19-23-16-12-9-13-17-23)27(33)30-18-22-14-10-8-11-15-22/h8-17,24-26,32H,18-21H2,1-7H3,(H,30,33)/t24-,25-,26+/m1/s1. The van der Waals surface area contributed by atoms with E-state index in [1.165, 1.54) is 0 Å². The van der Waals surface area contributed by atoms with Gasteiger partial charge in [0.2, 0.25) is 0 Å². The van der Waals surface area contributed by atoms with E-state index in [4.69, 9.17) is 13.9 Å². The smallest absolute Gasteiger partial charge is 0.318 e. The number of aliphatic hydroxyl groups is 1. The molecule has 2 aromatic rings. The van der Waals surface area contributed by atoms with Crippen LogP contribution in [0.1, 0.15) is 45.7 Å². The van der Waals surface area contributed by atoms with Crippen LogP contribution < -0.4 is 5.32 Å². The van der Waals surface area contributed by atoms with Gasteiger partial charge in [0.15, 0.2) is 14.1 Å². The third kappa shape index (κ3) is 7.88. The third-order valence-electron chi connectivity index (χ3n) is 7.34. The molecule has 1 aliphatic rings. The van der Waals surface area contributed by atoms with Gasteiger partial charge in [-0.1, -0.05) is 81.4 Å². The molecule has 0 spiro atoms. The number of rotatable bonds is 10. The molecule has 1 saturated heterocycles. The summed E-state index contributed by atoms with van der Waals surface area (Å²) in [5.74, 6) is -0.764. The first kappa shape index (κ1) is 29.3. The van der Waals surface area contributed by atoms with Crippen LogP contribution in [0.15, 0.2) is 60.7 Å². The van der Waals surface area contributed by atoms with Gasteiger partial charge in [0.1, 0.15) is 6.10 Å². The Morgan fingerprint density at radius 2 is 1.68 bits per heavy atom. The number of ether oxygens (including phenoxy) is 2. The van der Waals surface area contributed by atoms with Crippen molar-refractivity contribution < 1.29 is 23.8 Å². The number of carbonyl (C=O) groups excluding carboxylic acids is 1. The van der Waals surface area contributed by atoms with Gasteiger partial charge in [0.05, 0.1) is 25.4 Å². The summed E-state index contributed by atoms with van der Waals surface area (Å²) in [5.41, 5.74) is 1.96. The van der Waals surface area contributed by atoms with Crippen molar-refractivity contribution in [2.75, 3.05) is 13.2 Å². The van der Waals surface area contributed by atoms with Crippen molar-refractivity contribution >= 4 is 14.3 Å². The first-order valence-corrected chi connectivity index (χ1v) is 16.0. The van der Waals surface area contributed by atoms with Gasteiger partial charge in [-0.05, 0) is 43.1 Å². The summed E-state index contributed by atoms with van der Waals surface area (Å²) in [6.07, 6.45) is -1.000. The maximum absolute atomic E-state index is 13.7. The maximum Gasteiger partial charge on any atom is 0.318 e. The number of hydrogen-bond donors (Lipinski definition) is 2. The Morgan fingerprint density at radius 1 is 1.11 bits per heavy atom. The first-order chi connectivity index (χ1) is 17.3. The molecular weight excluding hydrogens is 484 g/mol. The van der Waals surface area contributed by atoms with Crippen molar-refractivity contribution in [1.82, 2.24) is 10.2 Å². The molecule has 0 bridgehead atoms. The van der Waals surface area contributed by atoms with Crippen LogP contribution in [0.25, 0.3) is 0 Å². The Balaban J connectivity index is 1.95. The van der Waals surface area contributed by atoms with Gasteiger partial charge in [-0.3, -0.25) is 0 Å². The number of benzene rings is 2. The van der Waals surface area contributed by atoms with Crippen LogP contribution in [0, 0.1) is 0 Å². The third-order valence-corrected chi connectivity index (χ3v) is 11.8. The summed E-state index contributed by atoms with van der Waals surface area (Å²) >= 11 is 0. The molecular formula is C29H44N2O5Si. The summed E-state index contributed by atoms with van der Waals surface area (Å²) in [4.78, 5) is 15.4. The number of hydrogen-bond acceptors (Lipinski definition) is 5. The van der Waals surface area contributed by atoms with E-state index in [9.17, 15) is 9.90 Å². The van der Waals surface area contributed by atoms with Gasteiger partial charge in [-0.15, -0.1) is 0 Å². The highest BCUT2D eigenvalue weighted by molar-refractivity contribution is 6.74. The van der Waals surface area contributed by atoms with Crippen LogP contribution >= 0.6 is 0 Å². The number of nitrogens with one attached hydrogen (secondary N) is 1. The van der Waals surface area contributed by atoms with Crippen molar-refractivity contribution in [2.45, 2.75) is 89.9 Å². The molecule has 0 saturated carbocycles. The van der Waals surface area contributed by atoms with E-state index in [1.54, 1.807) is 4.90 Å². The molecule has 2 N–H and O–H groups in total. The lowest BCUT2D eigenvalue weighted by Crippen LogP contribution is -2.60. The zero-order valence-electron chi connectivity index (χ0n) is 23.4. The minimum atomic E-state index is -2.31. The number of nitrogens with zero attached hydrogens (tertiary/aromatic N) is 1. The lowest BCUT2D eigenvalue weighted by atomic mass is 10.0. The average Bonchev–Trinajstić information content (AvgIpc) is 3.21. The van der Waals surface area contributed by atoms with E-state index in [0.717, 1.165) is 11.1 Å². The van der Waals surface area contributed by atoms with Gasteiger partial charge in [-0.25, -0.2) is 4.79 Å². The van der Waals surface area contributed by atoms with E-state index in [-0.39, 0.29) is 17.7 Å². The summed E-state index contributed by atoms with van der Waals surface area (Å²) in [5, 5.41) is 13.8. The highest BCUT2D eigenvalue weighted by Gasteiger charge is 2.48. The molecule has 0 unspecified atom stereocenters. The summed E-state index contributed by atoms with van der Waals surface area (Å²) in [6, 6.07) is 18.7. The van der Waals surface area contributed by atoms with Crippen LogP contribution in [-0.4, -0.2) is 61.6 Å². The van der Waals surface area contributed by atoms with E-state index in [1.807, 2.05) is 74.5 Å². The fourth-order valence-electron chi connectivity index (χ4n) is 4.17. The second kappa shape index (κ2) is 12.1. The van der Waals surface area contributed by atoms with Crippen molar-refractivity contribution in [3.05, 3.63) is 71.8 Å². The van der Waals surface area contributed by atoms with E-state index < -0.39 is 32.4 Å². The number of urea groups is 1. The minimum absolute atomic E-state index is 0.0694. The fourth-order valence-corrected chi connectivity index (χ4v) is 5.51. The quantitative estimate of drug-likeness (QED) is 0.409. The molecule has 3 atom stereocenters. The molecule has 3 rings (SSSR count). The predicted molar refractivity (Wildman–Crippen MR) is 149 cm³/mol. The van der Waals surface area contributed by atoms with Crippen LogP contribution in [0.5, 0.6) is 0 Å². The van der Waals surface area contributed by atoms with Crippen LogP contribution in [0.3, 0.4) is 0 Å². The number of carbonyl (C=O) groups is 1. The second-order valence-electron chi connectivity index (χ2n) is 11.7. The lowest BCUT2D eigenvalue weighted by Gasteiger charge is -2.45. The van der Waals surface area contributed by atoms with Crippen LogP contribution in [0.2, 0.25) is 18.1 Å². The molecule has 204 valence electrons. The largest absolute Gasteiger partial charge is 0.409 e. The molecule has 0 radical (unpaired) electrons. The maximum atomic E-state index is 13.7. The minimum Gasteiger partial charge on any atom is -0.409 e. The SMILES string of the molecule is CC1(C)OC[C@H]([C@@H](O[Si](C)(C)C(C)(C)C)[C@@H](CO)N(Cc2ccccc2)C(=O)NCc2ccccc2)O1. The van der Waals surface area contributed by atoms with E-state index in [0.29, 0.717) is 19.7 Å². The Labute approximate surface area is 223 Å². The molecule has 1 heterocycles. The molecule has 1 aliphatic heterocycles. The van der Waals surface area contributed by atoms with Crippen molar-refractivity contribution in [1.29, 1.82) is 0 Å². The Hall–Kier alpha value is -2.23. The summed E-state index contributed by atoms with van der Waals surface area (Å²) in [6.45, 7) is 15.4. The van der Waals surface area contributed by atoms with Gasteiger partial charge in [0.25, 0.3) is 0 Å². The van der Waals surface area contributed by atoms with Crippen molar-refractivity contribution in [3.8, 4) is 0 Å². The molecule has 1 fully saturated rings. The Kier molecular flexibility index (Phi) is 9.58. The fraction of sp³-hybridized carbons (Fsp3) is 0.552. The van der Waals surface area contributed by atoms with Gasteiger partial charge >= 0.3 is 6.03 Å². The predicted octanol–water partition coefficient (Wildman–Crippen LogP) is 5.30. The van der Waals surface area contributed by atoms with Crippen LogP contribution in [0.4, 0.5) is 4.79 Å². The molecule has 8 heteroatoms. The second-order valence-corrected chi connectivity index (χ2v) is 16.5. The number of aliphatic hydroxyl groups excluding tert-OH is 1. The topological polar surface area (TPSA) is 80.3 Å². The highest BCUT2D eigenvalue weighted by atomic mass is 28.4. The Bertz CT molecular complexity index is 994. The highest BCUT2D eigenvalue weighted by Crippen LogP contribution is 2.40. The average molecular weight is 529 g/mol. The van der Waals surface area contributed by atoms with Gasteiger partial charge < -0.3 is 29.2 Å². The van der Waals surface area contributed by atoms with Crippen molar-refractivity contribution in [3.63, 3.8) is 0 Å². The number of amides is 2. The van der Waals surface area contributed by atoms with E-state index in [2.05, 4.69) is 39.2 Å². The molecule has 2 amide bonds. The zero-order chi connectivity index (χ0) is 27.3.